The molecular weight excluding hydrogens is 365 g/mol. The zero-order valence-corrected chi connectivity index (χ0v) is 15.5. The Morgan fingerprint density at radius 2 is 1.82 bits per heavy atom. The summed E-state index contributed by atoms with van der Waals surface area (Å²) in [5.41, 5.74) is 1.15. The number of piperazine rings is 1. The van der Waals surface area contributed by atoms with Gasteiger partial charge in [0.05, 0.1) is 12.8 Å². The fourth-order valence-electron chi connectivity index (χ4n) is 2.98. The number of aromatic nitrogens is 1. The maximum Gasteiger partial charge on any atom is 0.409 e. The lowest BCUT2D eigenvalue weighted by Gasteiger charge is -2.33. The molecule has 1 saturated heterocycles. The van der Waals surface area contributed by atoms with Gasteiger partial charge in [-0.05, 0) is 18.2 Å². The maximum absolute atomic E-state index is 14.8. The third-order valence-electron chi connectivity index (χ3n) is 4.46. The lowest BCUT2D eigenvalue weighted by Crippen LogP contribution is -2.48. The number of pyridine rings is 1. The van der Waals surface area contributed by atoms with Crippen molar-refractivity contribution in [2.75, 3.05) is 43.9 Å². The summed E-state index contributed by atoms with van der Waals surface area (Å²) in [7, 11) is 1.35. The molecule has 0 saturated carbocycles. The molecule has 0 atom stereocenters. The SMILES string of the molecule is COC(=O)N1CCN(Cc2cccc(NC(=O)Nc3ccncc3)c2F)CC1. The number of urea groups is 1. The molecule has 3 rings (SSSR count). The second-order valence-corrected chi connectivity index (χ2v) is 6.33. The summed E-state index contributed by atoms with van der Waals surface area (Å²) in [5.74, 6) is -0.470. The summed E-state index contributed by atoms with van der Waals surface area (Å²) >= 11 is 0. The molecule has 0 aliphatic carbocycles. The highest BCUT2D eigenvalue weighted by Crippen LogP contribution is 2.20. The Bertz CT molecular complexity index is 826. The van der Waals surface area contributed by atoms with Gasteiger partial charge in [0.25, 0.3) is 0 Å². The Balaban J connectivity index is 1.59. The number of anilines is 2. The standard InChI is InChI=1S/C19H22FN5O3/c1-28-19(27)25-11-9-24(10-12-25)13-14-3-2-4-16(17(14)20)23-18(26)22-15-5-7-21-8-6-15/h2-8H,9-13H2,1H3,(H2,21,22,23,26). The molecule has 1 aromatic heterocycles. The van der Waals surface area contributed by atoms with Crippen molar-refractivity contribution in [1.82, 2.24) is 14.8 Å². The van der Waals surface area contributed by atoms with E-state index in [-0.39, 0.29) is 11.8 Å². The molecule has 1 fully saturated rings. The molecule has 2 N–H and O–H groups in total. The van der Waals surface area contributed by atoms with Gasteiger partial charge in [-0.25, -0.2) is 14.0 Å². The molecule has 28 heavy (non-hydrogen) atoms. The predicted molar refractivity (Wildman–Crippen MR) is 103 cm³/mol. The molecular formula is C19H22FN5O3. The topological polar surface area (TPSA) is 86.8 Å². The van der Waals surface area contributed by atoms with Crippen molar-refractivity contribution in [3.63, 3.8) is 0 Å². The number of carbonyl (C=O) groups is 2. The molecule has 1 aliphatic heterocycles. The first-order chi connectivity index (χ1) is 13.6. The molecule has 0 unspecified atom stereocenters. The van der Waals surface area contributed by atoms with Gasteiger partial charge >= 0.3 is 12.1 Å². The predicted octanol–water partition coefficient (Wildman–Crippen LogP) is 2.75. The summed E-state index contributed by atoms with van der Waals surface area (Å²) in [6, 6.07) is 7.65. The first-order valence-electron chi connectivity index (χ1n) is 8.87. The van der Waals surface area contributed by atoms with Crippen LogP contribution in [0.1, 0.15) is 5.56 Å². The van der Waals surface area contributed by atoms with E-state index in [4.69, 9.17) is 4.74 Å². The highest BCUT2D eigenvalue weighted by Gasteiger charge is 2.22. The molecule has 2 heterocycles. The summed E-state index contributed by atoms with van der Waals surface area (Å²) in [6.07, 6.45) is 2.75. The summed E-state index contributed by atoms with van der Waals surface area (Å²) < 4.78 is 19.5. The van der Waals surface area contributed by atoms with Gasteiger partial charge in [0.15, 0.2) is 5.82 Å². The van der Waals surface area contributed by atoms with Gasteiger partial charge in [-0.3, -0.25) is 9.88 Å². The molecule has 0 bridgehead atoms. The van der Waals surface area contributed by atoms with Gasteiger partial charge in [0.1, 0.15) is 0 Å². The molecule has 1 aromatic carbocycles. The third kappa shape index (κ3) is 4.95. The number of amides is 3. The molecule has 2 aromatic rings. The van der Waals surface area contributed by atoms with E-state index in [1.807, 2.05) is 0 Å². The number of methoxy groups -OCH3 is 1. The third-order valence-corrected chi connectivity index (χ3v) is 4.46. The van der Waals surface area contributed by atoms with Crippen molar-refractivity contribution < 1.29 is 18.7 Å². The number of carbonyl (C=O) groups excluding carboxylic acids is 2. The molecule has 9 heteroatoms. The smallest absolute Gasteiger partial charge is 0.409 e. The Kier molecular flexibility index (Phi) is 6.38. The van der Waals surface area contributed by atoms with E-state index in [1.54, 1.807) is 41.6 Å². The van der Waals surface area contributed by atoms with Gasteiger partial charge < -0.3 is 20.3 Å². The fraction of sp³-hybridized carbons (Fsp3) is 0.316. The largest absolute Gasteiger partial charge is 0.453 e. The van der Waals surface area contributed by atoms with Gasteiger partial charge in [-0.15, -0.1) is 0 Å². The number of nitrogens with zero attached hydrogens (tertiary/aromatic N) is 3. The van der Waals surface area contributed by atoms with Crippen molar-refractivity contribution in [1.29, 1.82) is 0 Å². The van der Waals surface area contributed by atoms with Crippen LogP contribution in [-0.2, 0) is 11.3 Å². The van der Waals surface area contributed by atoms with Crippen LogP contribution in [0.2, 0.25) is 0 Å². The quantitative estimate of drug-likeness (QED) is 0.842. The van der Waals surface area contributed by atoms with Crippen LogP contribution in [-0.4, -0.2) is 60.2 Å². The van der Waals surface area contributed by atoms with Crippen LogP contribution in [0.3, 0.4) is 0 Å². The zero-order chi connectivity index (χ0) is 19.9. The lowest BCUT2D eigenvalue weighted by atomic mass is 10.1. The number of halogens is 1. The number of rotatable bonds is 4. The van der Waals surface area contributed by atoms with E-state index in [9.17, 15) is 14.0 Å². The number of nitrogens with one attached hydrogen (secondary N) is 2. The van der Waals surface area contributed by atoms with E-state index in [0.29, 0.717) is 44.0 Å². The van der Waals surface area contributed by atoms with E-state index in [1.165, 1.54) is 13.2 Å². The number of hydrogen-bond acceptors (Lipinski definition) is 5. The molecule has 0 spiro atoms. The highest BCUT2D eigenvalue weighted by atomic mass is 19.1. The second kappa shape index (κ2) is 9.14. The normalized spacial score (nSPS) is 14.4. The van der Waals surface area contributed by atoms with Gasteiger partial charge in [-0.1, -0.05) is 12.1 Å². The minimum atomic E-state index is -0.533. The van der Waals surface area contributed by atoms with Crippen LogP contribution in [0.4, 0.5) is 25.4 Å². The Labute approximate surface area is 162 Å². The number of hydrogen-bond donors (Lipinski definition) is 2. The van der Waals surface area contributed by atoms with Gasteiger partial charge in [0, 0.05) is 56.4 Å². The first kappa shape index (κ1) is 19.6. The average molecular weight is 387 g/mol. The molecule has 0 radical (unpaired) electrons. The minimum absolute atomic E-state index is 0.109. The average Bonchev–Trinajstić information content (AvgIpc) is 2.71. The van der Waals surface area contributed by atoms with Crippen LogP contribution in [0, 0.1) is 5.82 Å². The van der Waals surface area contributed by atoms with Crippen LogP contribution in [0.25, 0.3) is 0 Å². The summed E-state index contributed by atoms with van der Waals surface area (Å²) in [6.45, 7) is 2.69. The van der Waals surface area contributed by atoms with Crippen molar-refractivity contribution in [3.05, 3.63) is 54.1 Å². The van der Waals surface area contributed by atoms with Gasteiger partial charge in [0.2, 0.25) is 0 Å². The zero-order valence-electron chi connectivity index (χ0n) is 15.5. The van der Waals surface area contributed by atoms with E-state index >= 15 is 0 Å². The lowest BCUT2D eigenvalue weighted by molar-refractivity contribution is 0.0885. The van der Waals surface area contributed by atoms with Crippen molar-refractivity contribution >= 4 is 23.5 Å². The van der Waals surface area contributed by atoms with Gasteiger partial charge in [-0.2, -0.15) is 0 Å². The minimum Gasteiger partial charge on any atom is -0.453 e. The monoisotopic (exact) mass is 387 g/mol. The van der Waals surface area contributed by atoms with Crippen molar-refractivity contribution in [3.8, 4) is 0 Å². The Morgan fingerprint density at radius 3 is 2.50 bits per heavy atom. The van der Waals surface area contributed by atoms with E-state index in [2.05, 4.69) is 20.5 Å². The first-order valence-corrected chi connectivity index (χ1v) is 8.87. The second-order valence-electron chi connectivity index (χ2n) is 6.33. The molecule has 148 valence electrons. The van der Waals surface area contributed by atoms with Crippen LogP contribution in [0.15, 0.2) is 42.7 Å². The van der Waals surface area contributed by atoms with Crippen molar-refractivity contribution in [2.24, 2.45) is 0 Å². The van der Waals surface area contributed by atoms with E-state index in [0.717, 1.165) is 0 Å². The molecule has 1 aliphatic rings. The molecule has 3 amide bonds. The summed E-state index contributed by atoms with van der Waals surface area (Å²) in [4.78, 5) is 31.2. The Morgan fingerprint density at radius 1 is 1.11 bits per heavy atom. The Hall–Kier alpha value is -3.20. The van der Waals surface area contributed by atoms with Crippen LogP contribution in [0.5, 0.6) is 0 Å². The number of ether oxygens (including phenoxy) is 1. The summed E-state index contributed by atoms with van der Waals surface area (Å²) in [5, 5.41) is 5.16. The fourth-order valence-corrected chi connectivity index (χ4v) is 2.98. The number of benzene rings is 1. The highest BCUT2D eigenvalue weighted by molar-refractivity contribution is 5.99. The van der Waals surface area contributed by atoms with Crippen LogP contribution < -0.4 is 10.6 Å². The van der Waals surface area contributed by atoms with Crippen LogP contribution >= 0.6 is 0 Å². The maximum atomic E-state index is 14.8. The van der Waals surface area contributed by atoms with E-state index < -0.39 is 11.8 Å². The molecule has 8 nitrogen and oxygen atoms in total. The van der Waals surface area contributed by atoms with Crippen molar-refractivity contribution in [2.45, 2.75) is 6.54 Å².